The van der Waals surface area contributed by atoms with Crippen LogP contribution in [0.25, 0.3) is 0 Å². The highest BCUT2D eigenvalue weighted by molar-refractivity contribution is 6.35. The van der Waals surface area contributed by atoms with Gasteiger partial charge in [0.1, 0.15) is 0 Å². The van der Waals surface area contributed by atoms with Gasteiger partial charge in [0.2, 0.25) is 0 Å². The van der Waals surface area contributed by atoms with E-state index in [0.29, 0.717) is 24.3 Å². The molecular formula is C13H6ClF4NO. The van der Waals surface area contributed by atoms with Crippen LogP contribution in [0.3, 0.4) is 0 Å². The molecule has 0 saturated heterocycles. The van der Waals surface area contributed by atoms with Gasteiger partial charge < -0.3 is 5.73 Å². The van der Waals surface area contributed by atoms with Crippen molar-refractivity contribution in [1.82, 2.24) is 0 Å². The Labute approximate surface area is 115 Å². The molecule has 2 nitrogen and oxygen atoms in total. The van der Waals surface area contributed by atoms with Gasteiger partial charge in [-0.3, -0.25) is 4.79 Å². The molecule has 2 rings (SSSR count). The lowest BCUT2D eigenvalue weighted by molar-refractivity contribution is 0.103. The van der Waals surface area contributed by atoms with Gasteiger partial charge in [0.25, 0.3) is 0 Å². The van der Waals surface area contributed by atoms with Gasteiger partial charge in [-0.25, -0.2) is 17.6 Å². The summed E-state index contributed by atoms with van der Waals surface area (Å²) in [4.78, 5) is 12.1. The number of hydrogen-bond acceptors (Lipinski definition) is 2. The van der Waals surface area contributed by atoms with Crippen LogP contribution in [0.2, 0.25) is 5.02 Å². The zero-order chi connectivity index (χ0) is 15.0. The third-order valence-corrected chi connectivity index (χ3v) is 2.90. The van der Waals surface area contributed by atoms with Crippen LogP contribution in [-0.4, -0.2) is 5.78 Å². The SMILES string of the molecule is Nc1cc(F)c(F)cc1C(=O)c1cc(F)c(F)cc1Cl. The molecule has 0 aliphatic heterocycles. The van der Waals surface area contributed by atoms with Crippen molar-refractivity contribution in [2.45, 2.75) is 0 Å². The summed E-state index contributed by atoms with van der Waals surface area (Å²) < 4.78 is 52.1. The summed E-state index contributed by atoms with van der Waals surface area (Å²) in [7, 11) is 0. The first-order valence-corrected chi connectivity index (χ1v) is 5.63. The van der Waals surface area contributed by atoms with Crippen LogP contribution < -0.4 is 5.73 Å². The lowest BCUT2D eigenvalue weighted by Gasteiger charge is -2.08. The van der Waals surface area contributed by atoms with Crippen molar-refractivity contribution in [1.29, 1.82) is 0 Å². The predicted octanol–water partition coefficient (Wildman–Crippen LogP) is 3.71. The minimum absolute atomic E-state index is 0.338. The number of benzene rings is 2. The number of anilines is 1. The number of ketones is 1. The number of halogens is 5. The van der Waals surface area contributed by atoms with Crippen molar-refractivity contribution in [3.63, 3.8) is 0 Å². The van der Waals surface area contributed by atoms with Crippen LogP contribution in [-0.2, 0) is 0 Å². The molecule has 0 aliphatic rings. The molecule has 0 fully saturated rings. The molecule has 0 bridgehead atoms. The van der Waals surface area contributed by atoms with Crippen LogP contribution in [0.1, 0.15) is 15.9 Å². The van der Waals surface area contributed by atoms with Gasteiger partial charge in [-0.2, -0.15) is 0 Å². The molecule has 0 aliphatic carbocycles. The summed E-state index contributed by atoms with van der Waals surface area (Å²) in [5.74, 6) is -5.98. The average Bonchev–Trinajstić information content (AvgIpc) is 2.37. The van der Waals surface area contributed by atoms with Crippen molar-refractivity contribution < 1.29 is 22.4 Å². The molecule has 104 valence electrons. The van der Waals surface area contributed by atoms with E-state index in [2.05, 4.69) is 0 Å². The first-order chi connectivity index (χ1) is 9.31. The molecular weight excluding hydrogens is 298 g/mol. The molecule has 7 heteroatoms. The Balaban J connectivity index is 2.57. The maximum atomic E-state index is 13.1. The standard InChI is InChI=1S/C13H6ClF4NO/c14-7-3-10(17)8(15)1-5(7)13(20)6-2-9(16)11(18)4-12(6)19/h1-4H,19H2. The Morgan fingerprint density at radius 3 is 1.90 bits per heavy atom. The summed E-state index contributed by atoms with van der Waals surface area (Å²) in [6, 6.07) is 2.38. The van der Waals surface area contributed by atoms with Crippen LogP contribution in [0.15, 0.2) is 24.3 Å². The molecule has 0 saturated carbocycles. The lowest BCUT2D eigenvalue weighted by atomic mass is 10.0. The van der Waals surface area contributed by atoms with E-state index in [9.17, 15) is 22.4 Å². The second-order valence-electron chi connectivity index (χ2n) is 3.93. The third kappa shape index (κ3) is 2.46. The molecule has 0 aromatic heterocycles. The second kappa shape index (κ2) is 5.13. The topological polar surface area (TPSA) is 43.1 Å². The monoisotopic (exact) mass is 303 g/mol. The lowest BCUT2D eigenvalue weighted by Crippen LogP contribution is -2.08. The Hall–Kier alpha value is -2.08. The maximum absolute atomic E-state index is 13.1. The van der Waals surface area contributed by atoms with Crippen molar-refractivity contribution in [2.24, 2.45) is 0 Å². The highest BCUT2D eigenvalue weighted by Gasteiger charge is 2.20. The van der Waals surface area contributed by atoms with E-state index in [1.165, 1.54) is 0 Å². The zero-order valence-corrected chi connectivity index (χ0v) is 10.4. The number of hydrogen-bond donors (Lipinski definition) is 1. The van der Waals surface area contributed by atoms with Crippen molar-refractivity contribution in [3.05, 3.63) is 63.7 Å². The fourth-order valence-corrected chi connectivity index (χ4v) is 1.84. The predicted molar refractivity (Wildman–Crippen MR) is 65.6 cm³/mol. The molecule has 0 atom stereocenters. The van der Waals surface area contributed by atoms with Gasteiger partial charge in [-0.05, 0) is 18.2 Å². The zero-order valence-electron chi connectivity index (χ0n) is 9.68. The van der Waals surface area contributed by atoms with E-state index in [1.54, 1.807) is 0 Å². The Kier molecular flexibility index (Phi) is 3.67. The molecule has 20 heavy (non-hydrogen) atoms. The van der Waals surface area contributed by atoms with Gasteiger partial charge in [-0.1, -0.05) is 11.6 Å². The Morgan fingerprint density at radius 1 is 0.850 bits per heavy atom. The highest BCUT2D eigenvalue weighted by Crippen LogP contribution is 2.26. The quantitative estimate of drug-likeness (QED) is 0.398. The van der Waals surface area contributed by atoms with E-state index in [0.717, 1.165) is 0 Å². The number of nitrogen functional groups attached to an aromatic ring is 1. The molecule has 0 unspecified atom stereocenters. The number of nitrogens with two attached hydrogens (primary N) is 1. The van der Waals surface area contributed by atoms with Crippen LogP contribution in [0, 0.1) is 23.3 Å². The first-order valence-electron chi connectivity index (χ1n) is 5.25. The van der Waals surface area contributed by atoms with Gasteiger partial charge in [-0.15, -0.1) is 0 Å². The van der Waals surface area contributed by atoms with Crippen molar-refractivity contribution in [3.8, 4) is 0 Å². The smallest absolute Gasteiger partial charge is 0.196 e. The summed E-state index contributed by atoms with van der Waals surface area (Å²) in [6.45, 7) is 0. The summed E-state index contributed by atoms with van der Waals surface area (Å²) in [5.41, 5.74) is 4.28. The largest absolute Gasteiger partial charge is 0.398 e. The van der Waals surface area contributed by atoms with E-state index >= 15 is 0 Å². The van der Waals surface area contributed by atoms with E-state index < -0.39 is 40.2 Å². The van der Waals surface area contributed by atoms with Crippen molar-refractivity contribution >= 4 is 23.1 Å². The molecule has 2 aromatic carbocycles. The molecule has 0 spiro atoms. The Bertz CT molecular complexity index is 659. The Morgan fingerprint density at radius 2 is 1.30 bits per heavy atom. The average molecular weight is 304 g/mol. The summed E-state index contributed by atoms with van der Waals surface area (Å²) in [5, 5.41) is -0.363. The van der Waals surface area contributed by atoms with E-state index in [4.69, 9.17) is 17.3 Å². The van der Waals surface area contributed by atoms with Crippen LogP contribution in [0.5, 0.6) is 0 Å². The molecule has 0 heterocycles. The summed E-state index contributed by atoms with van der Waals surface area (Å²) >= 11 is 5.63. The minimum atomic E-state index is -1.29. The van der Waals surface area contributed by atoms with E-state index in [-0.39, 0.29) is 10.7 Å². The normalized spacial score (nSPS) is 10.7. The highest BCUT2D eigenvalue weighted by atomic mass is 35.5. The van der Waals surface area contributed by atoms with Crippen LogP contribution in [0.4, 0.5) is 23.2 Å². The van der Waals surface area contributed by atoms with E-state index in [1.807, 2.05) is 0 Å². The summed E-state index contributed by atoms with van der Waals surface area (Å²) in [6.07, 6.45) is 0. The van der Waals surface area contributed by atoms with Crippen LogP contribution >= 0.6 is 11.6 Å². The fraction of sp³-hybridized carbons (Fsp3) is 0. The third-order valence-electron chi connectivity index (χ3n) is 2.59. The molecule has 0 amide bonds. The second-order valence-corrected chi connectivity index (χ2v) is 4.34. The molecule has 0 radical (unpaired) electrons. The number of carbonyl (C=O) groups is 1. The fourth-order valence-electron chi connectivity index (χ4n) is 1.60. The van der Waals surface area contributed by atoms with Crippen molar-refractivity contribution in [2.75, 3.05) is 5.73 Å². The number of carbonyl (C=O) groups excluding carboxylic acids is 1. The minimum Gasteiger partial charge on any atom is -0.398 e. The number of rotatable bonds is 2. The maximum Gasteiger partial charge on any atom is 0.196 e. The van der Waals surface area contributed by atoms with Gasteiger partial charge in [0, 0.05) is 22.9 Å². The van der Waals surface area contributed by atoms with Gasteiger partial charge in [0.05, 0.1) is 5.02 Å². The molecule has 2 N–H and O–H groups in total. The van der Waals surface area contributed by atoms with Gasteiger partial charge >= 0.3 is 0 Å². The van der Waals surface area contributed by atoms with Gasteiger partial charge in [0.15, 0.2) is 29.1 Å². The molecule has 2 aromatic rings. The first kappa shape index (κ1) is 14.3.